The molecule has 25 heavy (non-hydrogen) atoms. The van der Waals surface area contributed by atoms with Gasteiger partial charge < -0.3 is 14.8 Å². The second kappa shape index (κ2) is 9.17. The van der Waals surface area contributed by atoms with Crippen molar-refractivity contribution in [1.82, 2.24) is 10.3 Å². The lowest BCUT2D eigenvalue weighted by Crippen LogP contribution is -2.36. The number of aromatic nitrogens is 1. The Morgan fingerprint density at radius 3 is 2.60 bits per heavy atom. The molecule has 0 spiro atoms. The van der Waals surface area contributed by atoms with Crippen molar-refractivity contribution in [1.29, 1.82) is 0 Å². The third kappa shape index (κ3) is 5.86. The Morgan fingerprint density at radius 1 is 1.28 bits per heavy atom. The third-order valence-corrected chi connectivity index (χ3v) is 4.17. The molecule has 2 aromatic rings. The number of hydrogen-bond donors (Lipinski definition) is 1. The molecule has 0 saturated carbocycles. The van der Waals surface area contributed by atoms with E-state index in [1.165, 1.54) is 0 Å². The second-order valence-corrected chi connectivity index (χ2v) is 6.57. The van der Waals surface area contributed by atoms with Crippen LogP contribution in [0.5, 0.6) is 5.75 Å². The predicted octanol–water partition coefficient (Wildman–Crippen LogP) is 3.10. The molecule has 1 aromatic heterocycles. The number of nitrogens with zero attached hydrogens (tertiary/aromatic N) is 1. The Kier molecular flexibility index (Phi) is 6.94. The van der Waals surface area contributed by atoms with Gasteiger partial charge in [0.15, 0.2) is 6.10 Å². The van der Waals surface area contributed by atoms with E-state index < -0.39 is 12.1 Å². The molecule has 1 amide bonds. The number of thiazole rings is 1. The molecule has 0 radical (unpaired) electrons. The molecule has 0 unspecified atom stereocenters. The molecule has 134 valence electrons. The van der Waals surface area contributed by atoms with E-state index in [9.17, 15) is 9.59 Å². The minimum absolute atomic E-state index is 0.297. The molecule has 6 nitrogen and oxygen atoms in total. The van der Waals surface area contributed by atoms with Crippen LogP contribution in [0.25, 0.3) is 0 Å². The van der Waals surface area contributed by atoms with Crippen molar-refractivity contribution < 1.29 is 19.1 Å². The van der Waals surface area contributed by atoms with Crippen molar-refractivity contribution in [2.24, 2.45) is 0 Å². The van der Waals surface area contributed by atoms with Crippen LogP contribution in [-0.4, -0.2) is 29.5 Å². The van der Waals surface area contributed by atoms with E-state index in [-0.39, 0.29) is 5.91 Å². The number of carbonyl (C=O) groups excluding carboxylic acids is 2. The number of nitrogens with one attached hydrogen (secondary N) is 1. The summed E-state index contributed by atoms with van der Waals surface area (Å²) in [6.45, 7) is 6.39. The summed E-state index contributed by atoms with van der Waals surface area (Å²) in [6.07, 6.45) is -0.00295. The number of benzene rings is 1. The summed E-state index contributed by atoms with van der Waals surface area (Å²) in [5, 5.41) is 5.64. The minimum atomic E-state index is -0.831. The van der Waals surface area contributed by atoms with E-state index in [0.29, 0.717) is 24.5 Å². The van der Waals surface area contributed by atoms with E-state index in [1.807, 2.05) is 19.2 Å². The lowest BCUT2D eigenvalue weighted by Gasteiger charge is -2.13. The fourth-order valence-electron chi connectivity index (χ4n) is 1.99. The standard InChI is InChI=1S/C18H22N2O4S/c1-4-9-19-17(21)12(2)24-18(22)14-5-7-16(8-6-14)23-10-15-11-25-13(3)20-15/h5-8,11-12H,4,9-10H2,1-3H3,(H,19,21)/t12-/m1/s1. The van der Waals surface area contributed by atoms with Crippen LogP contribution in [0.4, 0.5) is 0 Å². The first-order valence-electron chi connectivity index (χ1n) is 8.12. The summed E-state index contributed by atoms with van der Waals surface area (Å²) in [5.41, 5.74) is 1.24. The molecule has 2 rings (SSSR count). The maximum atomic E-state index is 12.1. The average molecular weight is 362 g/mol. The first-order chi connectivity index (χ1) is 12.0. The summed E-state index contributed by atoms with van der Waals surface area (Å²) < 4.78 is 10.8. The smallest absolute Gasteiger partial charge is 0.338 e. The Hall–Kier alpha value is -2.41. The highest BCUT2D eigenvalue weighted by atomic mass is 32.1. The monoisotopic (exact) mass is 362 g/mol. The number of carbonyl (C=O) groups is 2. The average Bonchev–Trinajstić information content (AvgIpc) is 3.03. The van der Waals surface area contributed by atoms with Gasteiger partial charge >= 0.3 is 5.97 Å². The van der Waals surface area contributed by atoms with Crippen molar-refractivity contribution >= 4 is 23.2 Å². The van der Waals surface area contributed by atoms with Crippen LogP contribution in [0.3, 0.4) is 0 Å². The highest BCUT2D eigenvalue weighted by Gasteiger charge is 2.18. The number of esters is 1. The quantitative estimate of drug-likeness (QED) is 0.730. The van der Waals surface area contributed by atoms with Gasteiger partial charge in [0.05, 0.1) is 16.3 Å². The van der Waals surface area contributed by atoms with Crippen molar-refractivity contribution in [3.05, 3.63) is 45.9 Å². The molecular weight excluding hydrogens is 340 g/mol. The van der Waals surface area contributed by atoms with Gasteiger partial charge in [0.1, 0.15) is 12.4 Å². The Labute approximate surface area is 151 Å². The molecule has 0 aliphatic carbocycles. The van der Waals surface area contributed by atoms with Crippen molar-refractivity contribution in [3.8, 4) is 5.75 Å². The first kappa shape index (κ1) is 18.9. The second-order valence-electron chi connectivity index (χ2n) is 5.51. The summed E-state index contributed by atoms with van der Waals surface area (Å²) in [7, 11) is 0. The van der Waals surface area contributed by atoms with Gasteiger partial charge in [-0.25, -0.2) is 9.78 Å². The predicted molar refractivity (Wildman–Crippen MR) is 95.8 cm³/mol. The molecule has 0 aliphatic heterocycles. The first-order valence-corrected chi connectivity index (χ1v) is 9.00. The molecule has 0 aliphatic rings. The molecule has 0 fully saturated rings. The van der Waals surface area contributed by atoms with Crippen LogP contribution in [0.15, 0.2) is 29.6 Å². The molecule has 1 aromatic carbocycles. The van der Waals surface area contributed by atoms with E-state index in [0.717, 1.165) is 17.1 Å². The summed E-state index contributed by atoms with van der Waals surface area (Å²) in [5.74, 6) is -0.203. The Bertz CT molecular complexity index is 712. The van der Waals surface area contributed by atoms with E-state index >= 15 is 0 Å². The zero-order chi connectivity index (χ0) is 18.2. The van der Waals surface area contributed by atoms with E-state index in [1.54, 1.807) is 42.5 Å². The van der Waals surface area contributed by atoms with Crippen LogP contribution in [0.1, 0.15) is 41.3 Å². The third-order valence-electron chi connectivity index (χ3n) is 3.35. The van der Waals surface area contributed by atoms with Gasteiger partial charge in [-0.1, -0.05) is 6.92 Å². The normalized spacial score (nSPS) is 11.6. The number of aryl methyl sites for hydroxylation is 1. The highest BCUT2D eigenvalue weighted by Crippen LogP contribution is 2.16. The van der Waals surface area contributed by atoms with Crippen molar-refractivity contribution in [3.63, 3.8) is 0 Å². The van der Waals surface area contributed by atoms with Crippen molar-refractivity contribution in [2.75, 3.05) is 6.54 Å². The van der Waals surface area contributed by atoms with E-state index in [4.69, 9.17) is 9.47 Å². The Balaban J connectivity index is 1.85. The van der Waals surface area contributed by atoms with Crippen LogP contribution < -0.4 is 10.1 Å². The molecule has 7 heteroatoms. The Morgan fingerprint density at radius 2 is 2.00 bits per heavy atom. The molecule has 0 bridgehead atoms. The van der Waals surface area contributed by atoms with Crippen LogP contribution in [0, 0.1) is 6.92 Å². The fraction of sp³-hybridized carbons (Fsp3) is 0.389. The van der Waals surface area contributed by atoms with Gasteiger partial charge in [-0.15, -0.1) is 11.3 Å². The van der Waals surface area contributed by atoms with Gasteiger partial charge in [0.25, 0.3) is 5.91 Å². The number of ether oxygens (including phenoxy) is 2. The van der Waals surface area contributed by atoms with Gasteiger partial charge in [0, 0.05) is 11.9 Å². The number of amides is 1. The van der Waals surface area contributed by atoms with Gasteiger partial charge in [-0.3, -0.25) is 4.79 Å². The number of hydrogen-bond acceptors (Lipinski definition) is 6. The maximum Gasteiger partial charge on any atom is 0.338 e. The minimum Gasteiger partial charge on any atom is -0.487 e. The van der Waals surface area contributed by atoms with Gasteiger partial charge in [-0.2, -0.15) is 0 Å². The topological polar surface area (TPSA) is 77.5 Å². The zero-order valence-corrected chi connectivity index (χ0v) is 15.4. The molecule has 1 heterocycles. The zero-order valence-electron chi connectivity index (χ0n) is 14.6. The van der Waals surface area contributed by atoms with Crippen LogP contribution in [-0.2, 0) is 16.1 Å². The molecular formula is C18H22N2O4S. The molecule has 1 atom stereocenters. The lowest BCUT2D eigenvalue weighted by molar-refractivity contribution is -0.129. The largest absolute Gasteiger partial charge is 0.487 e. The van der Waals surface area contributed by atoms with Gasteiger partial charge in [-0.05, 0) is 44.5 Å². The lowest BCUT2D eigenvalue weighted by atomic mass is 10.2. The highest BCUT2D eigenvalue weighted by molar-refractivity contribution is 7.09. The summed E-state index contributed by atoms with van der Waals surface area (Å²) >= 11 is 1.57. The van der Waals surface area contributed by atoms with Gasteiger partial charge in [0.2, 0.25) is 0 Å². The molecule has 1 N–H and O–H groups in total. The van der Waals surface area contributed by atoms with Crippen LogP contribution in [0.2, 0.25) is 0 Å². The summed E-state index contributed by atoms with van der Waals surface area (Å²) in [4.78, 5) is 28.1. The SMILES string of the molecule is CCCNC(=O)[C@@H](C)OC(=O)c1ccc(OCc2csc(C)n2)cc1. The fourth-order valence-corrected chi connectivity index (χ4v) is 2.59. The molecule has 0 saturated heterocycles. The van der Waals surface area contributed by atoms with Crippen LogP contribution >= 0.6 is 11.3 Å². The maximum absolute atomic E-state index is 12.1. The summed E-state index contributed by atoms with van der Waals surface area (Å²) in [6, 6.07) is 6.61. The number of rotatable bonds is 8. The van der Waals surface area contributed by atoms with E-state index in [2.05, 4.69) is 10.3 Å². The van der Waals surface area contributed by atoms with Crippen molar-refractivity contribution in [2.45, 2.75) is 39.9 Å².